The Hall–Kier alpha value is -1.11. The Labute approximate surface area is 130 Å². The lowest BCUT2D eigenvalue weighted by atomic mass is 9.83. The van der Waals surface area contributed by atoms with Crippen molar-refractivity contribution in [3.63, 3.8) is 0 Å². The minimum atomic E-state index is 0.353. The molecule has 0 aliphatic heterocycles. The highest BCUT2D eigenvalue weighted by atomic mass is 16.1. The molecule has 21 heavy (non-hydrogen) atoms. The van der Waals surface area contributed by atoms with Crippen LogP contribution in [0, 0.1) is 5.92 Å². The van der Waals surface area contributed by atoms with Crippen LogP contribution < -0.4 is 0 Å². The van der Waals surface area contributed by atoms with Gasteiger partial charge in [-0.2, -0.15) is 0 Å². The molecule has 1 aliphatic rings. The number of hydrogen-bond acceptors (Lipinski definition) is 1. The summed E-state index contributed by atoms with van der Waals surface area (Å²) in [6.07, 6.45) is 7.20. The average Bonchev–Trinajstić information content (AvgIpc) is 2.47. The molecule has 0 amide bonds. The lowest BCUT2D eigenvalue weighted by Gasteiger charge is -2.21. The van der Waals surface area contributed by atoms with E-state index in [9.17, 15) is 4.79 Å². The Morgan fingerprint density at radius 2 is 1.48 bits per heavy atom. The summed E-state index contributed by atoms with van der Waals surface area (Å²) in [7, 11) is 0. The number of carbonyl (C=O) groups is 1. The molecule has 0 spiro atoms. The fraction of sp³-hybridized carbons (Fsp3) is 0.650. The molecule has 2 rings (SSSR count). The van der Waals surface area contributed by atoms with Crippen molar-refractivity contribution in [3.05, 3.63) is 34.9 Å². The number of Topliss-reactive ketones (excluding diaryl/α,β-unsaturated/α-hetero) is 1. The first-order chi connectivity index (χ1) is 9.97. The van der Waals surface area contributed by atoms with Crippen LogP contribution in [0.1, 0.15) is 99.5 Å². The molecule has 0 unspecified atom stereocenters. The first-order valence-electron chi connectivity index (χ1n) is 8.65. The third-order valence-electron chi connectivity index (χ3n) is 4.83. The number of carbonyl (C=O) groups excluding carboxylic acids is 1. The summed E-state index contributed by atoms with van der Waals surface area (Å²) in [4.78, 5) is 12.7. The average molecular weight is 286 g/mol. The van der Waals surface area contributed by atoms with Crippen LogP contribution in [-0.4, -0.2) is 5.78 Å². The van der Waals surface area contributed by atoms with Crippen LogP contribution in [0.4, 0.5) is 0 Å². The molecule has 0 aromatic heterocycles. The maximum atomic E-state index is 12.7. The lowest BCUT2D eigenvalue weighted by molar-refractivity contribution is 0.0950. The van der Waals surface area contributed by atoms with Gasteiger partial charge in [0.1, 0.15) is 0 Å². The zero-order valence-electron chi connectivity index (χ0n) is 14.1. The Morgan fingerprint density at radius 1 is 0.952 bits per heavy atom. The number of hydrogen-bond donors (Lipinski definition) is 0. The number of benzene rings is 1. The van der Waals surface area contributed by atoms with Gasteiger partial charge < -0.3 is 0 Å². The van der Waals surface area contributed by atoms with Gasteiger partial charge in [0.25, 0.3) is 0 Å². The van der Waals surface area contributed by atoms with E-state index in [0.717, 1.165) is 12.0 Å². The van der Waals surface area contributed by atoms with Gasteiger partial charge in [-0.1, -0.05) is 65.9 Å². The van der Waals surface area contributed by atoms with E-state index in [2.05, 4.69) is 45.9 Å². The van der Waals surface area contributed by atoms with Crippen LogP contribution in [0.3, 0.4) is 0 Å². The van der Waals surface area contributed by atoms with E-state index in [0.29, 0.717) is 23.5 Å². The predicted molar refractivity (Wildman–Crippen MR) is 90.1 cm³/mol. The zero-order valence-corrected chi connectivity index (χ0v) is 14.1. The van der Waals surface area contributed by atoms with Gasteiger partial charge in [-0.3, -0.25) is 4.79 Å². The highest BCUT2D eigenvalue weighted by molar-refractivity contribution is 5.96. The van der Waals surface area contributed by atoms with Crippen molar-refractivity contribution < 1.29 is 4.79 Å². The van der Waals surface area contributed by atoms with Gasteiger partial charge in [0.2, 0.25) is 0 Å². The largest absolute Gasteiger partial charge is 0.294 e. The van der Waals surface area contributed by atoms with Crippen LogP contribution in [-0.2, 0) is 0 Å². The van der Waals surface area contributed by atoms with Crippen LogP contribution in [0.5, 0.6) is 0 Å². The lowest BCUT2D eigenvalue weighted by Crippen LogP contribution is -2.13. The van der Waals surface area contributed by atoms with E-state index in [1.165, 1.54) is 43.2 Å². The van der Waals surface area contributed by atoms with Crippen LogP contribution in [0.15, 0.2) is 18.2 Å². The molecule has 1 aliphatic carbocycles. The zero-order chi connectivity index (χ0) is 15.4. The maximum Gasteiger partial charge on any atom is 0.163 e. The molecule has 0 saturated heterocycles. The summed E-state index contributed by atoms with van der Waals surface area (Å²) < 4.78 is 0. The second-order valence-electron chi connectivity index (χ2n) is 7.33. The van der Waals surface area contributed by atoms with Gasteiger partial charge >= 0.3 is 0 Å². The SMILES string of the molecule is CC(C)c1cc(C(=O)CC2CCCCC2)cc(C(C)C)c1. The highest BCUT2D eigenvalue weighted by Gasteiger charge is 2.19. The molecule has 1 aromatic carbocycles. The quantitative estimate of drug-likeness (QED) is 0.599. The highest BCUT2D eigenvalue weighted by Crippen LogP contribution is 2.29. The third kappa shape index (κ3) is 4.43. The Bertz CT molecular complexity index is 452. The monoisotopic (exact) mass is 286 g/mol. The molecule has 1 aromatic rings. The van der Waals surface area contributed by atoms with Crippen molar-refractivity contribution >= 4 is 5.78 Å². The molecule has 1 fully saturated rings. The molecule has 1 heteroatoms. The number of rotatable bonds is 5. The minimum absolute atomic E-state index is 0.353. The molecule has 0 heterocycles. The van der Waals surface area contributed by atoms with Crippen molar-refractivity contribution in [3.8, 4) is 0 Å². The van der Waals surface area contributed by atoms with Crippen molar-refractivity contribution in [1.29, 1.82) is 0 Å². The first kappa shape index (κ1) is 16.3. The molecule has 116 valence electrons. The van der Waals surface area contributed by atoms with Gasteiger partial charge in [0.05, 0.1) is 0 Å². The molecule has 0 N–H and O–H groups in total. The summed E-state index contributed by atoms with van der Waals surface area (Å²) in [6, 6.07) is 6.52. The van der Waals surface area contributed by atoms with E-state index in [1.54, 1.807) is 0 Å². The first-order valence-corrected chi connectivity index (χ1v) is 8.65. The van der Waals surface area contributed by atoms with E-state index in [-0.39, 0.29) is 0 Å². The second-order valence-corrected chi connectivity index (χ2v) is 7.33. The summed E-state index contributed by atoms with van der Waals surface area (Å²) in [6.45, 7) is 8.81. The van der Waals surface area contributed by atoms with Crippen LogP contribution in [0.25, 0.3) is 0 Å². The van der Waals surface area contributed by atoms with Crippen LogP contribution >= 0.6 is 0 Å². The van der Waals surface area contributed by atoms with Gasteiger partial charge in [0, 0.05) is 12.0 Å². The smallest absolute Gasteiger partial charge is 0.163 e. The van der Waals surface area contributed by atoms with Crippen LogP contribution in [0.2, 0.25) is 0 Å². The van der Waals surface area contributed by atoms with Gasteiger partial charge in [-0.15, -0.1) is 0 Å². The standard InChI is InChI=1S/C20H30O/c1-14(2)17-11-18(15(3)4)13-19(12-17)20(21)10-16-8-6-5-7-9-16/h11-16H,5-10H2,1-4H3. The van der Waals surface area contributed by atoms with E-state index in [1.807, 2.05) is 0 Å². The topological polar surface area (TPSA) is 17.1 Å². The van der Waals surface area contributed by atoms with E-state index in [4.69, 9.17) is 0 Å². The summed E-state index contributed by atoms with van der Waals surface area (Å²) in [5.41, 5.74) is 3.54. The van der Waals surface area contributed by atoms with Crippen molar-refractivity contribution in [2.24, 2.45) is 5.92 Å². The fourth-order valence-electron chi connectivity index (χ4n) is 3.28. The molecule has 1 nitrogen and oxygen atoms in total. The summed E-state index contributed by atoms with van der Waals surface area (Å²) in [5, 5.41) is 0. The second kappa shape index (κ2) is 7.24. The van der Waals surface area contributed by atoms with Crippen molar-refractivity contribution in [1.82, 2.24) is 0 Å². The summed E-state index contributed by atoms with van der Waals surface area (Å²) >= 11 is 0. The molecule has 1 saturated carbocycles. The fourth-order valence-corrected chi connectivity index (χ4v) is 3.28. The molecular formula is C20H30O. The van der Waals surface area contributed by atoms with Gasteiger partial charge in [-0.05, 0) is 41.0 Å². The summed E-state index contributed by atoms with van der Waals surface area (Å²) in [5.74, 6) is 1.93. The number of ketones is 1. The van der Waals surface area contributed by atoms with Gasteiger partial charge in [0.15, 0.2) is 5.78 Å². The normalized spacial score (nSPS) is 16.7. The van der Waals surface area contributed by atoms with E-state index >= 15 is 0 Å². The molecule has 0 atom stereocenters. The Balaban J connectivity index is 2.18. The van der Waals surface area contributed by atoms with Crippen molar-refractivity contribution in [2.45, 2.75) is 78.1 Å². The minimum Gasteiger partial charge on any atom is -0.294 e. The van der Waals surface area contributed by atoms with Gasteiger partial charge in [-0.25, -0.2) is 0 Å². The predicted octanol–water partition coefficient (Wildman–Crippen LogP) is 6.09. The molecule has 0 bridgehead atoms. The Kier molecular flexibility index (Phi) is 5.61. The molecular weight excluding hydrogens is 256 g/mol. The van der Waals surface area contributed by atoms with E-state index < -0.39 is 0 Å². The third-order valence-corrected chi connectivity index (χ3v) is 4.83. The maximum absolute atomic E-state index is 12.7. The van der Waals surface area contributed by atoms with Crippen molar-refractivity contribution in [2.75, 3.05) is 0 Å². The molecule has 0 radical (unpaired) electrons. The Morgan fingerprint density at radius 3 is 1.95 bits per heavy atom.